The first kappa shape index (κ1) is 44.1. The van der Waals surface area contributed by atoms with Crippen molar-refractivity contribution in [3.63, 3.8) is 0 Å². The van der Waals surface area contributed by atoms with Crippen molar-refractivity contribution in [1.29, 1.82) is 0 Å². The van der Waals surface area contributed by atoms with E-state index in [4.69, 9.17) is 0 Å². The van der Waals surface area contributed by atoms with E-state index in [1.165, 1.54) is 128 Å². The van der Waals surface area contributed by atoms with Crippen LogP contribution in [-0.4, -0.2) is 18.9 Å². The molecule has 50 heavy (non-hydrogen) atoms. The zero-order chi connectivity index (χ0) is 36.6. The number of benzene rings is 2. The van der Waals surface area contributed by atoms with Gasteiger partial charge in [0, 0.05) is 22.3 Å². The van der Waals surface area contributed by atoms with Crippen molar-refractivity contribution in [2.45, 2.75) is 176 Å². The Kier molecular flexibility index (Phi) is 23.5. The molecular weight excluding hydrogens is 659 g/mol. The van der Waals surface area contributed by atoms with Crippen LogP contribution < -0.4 is 0 Å². The molecule has 0 bridgehead atoms. The van der Waals surface area contributed by atoms with E-state index >= 15 is 0 Å². The molecule has 4 nitrogen and oxygen atoms in total. The van der Waals surface area contributed by atoms with Gasteiger partial charge in [-0.25, -0.2) is 4.70 Å². The van der Waals surface area contributed by atoms with Gasteiger partial charge in [-0.1, -0.05) is 111 Å². The second kappa shape index (κ2) is 26.7. The van der Waals surface area contributed by atoms with E-state index in [1.54, 1.807) is 18.9 Å². The molecule has 1 heterocycles. The van der Waals surface area contributed by atoms with Gasteiger partial charge >= 0.3 is 37.1 Å². The van der Waals surface area contributed by atoms with Crippen molar-refractivity contribution in [2.24, 2.45) is 0 Å². The predicted octanol–water partition coefficient (Wildman–Crippen LogP) is 14.0. The molecule has 2 aromatic carbocycles. The molecule has 1 aliphatic rings. The van der Waals surface area contributed by atoms with Crippen LogP contribution in [0.25, 0.3) is 16.9 Å². The van der Waals surface area contributed by atoms with E-state index in [2.05, 4.69) is 85.7 Å². The molecule has 0 aromatic heterocycles. The first-order valence-corrected chi connectivity index (χ1v) is 21.1. The molecule has 1 aliphatic heterocycles. The number of hydrogen-bond acceptors (Lipinski definition) is 2. The van der Waals surface area contributed by atoms with Crippen LogP contribution in [0.1, 0.15) is 184 Å². The summed E-state index contributed by atoms with van der Waals surface area (Å²) >= 11 is 0.819. The summed E-state index contributed by atoms with van der Waals surface area (Å²) in [6.07, 6.45) is 24.7. The summed E-state index contributed by atoms with van der Waals surface area (Å²) in [6.45, 7) is 13.7. The van der Waals surface area contributed by atoms with Gasteiger partial charge in [0.2, 0.25) is 11.4 Å². The third-order valence-corrected chi connectivity index (χ3v) is 10.0. The molecule has 2 aromatic rings. The van der Waals surface area contributed by atoms with E-state index < -0.39 is 0 Å². The molecular formula is C45H72N2NiO2. The fraction of sp³-hybridized carbons (Fsp3) is 0.644. The standard InChI is InChI=1S/C43H66N2.2CH3O.Ni/c1-7-13-19-24-36-28-34(22-16-10-4)30-38(32-36)42-40(26-18-12-6)41(27-21-15-9-3)43(45(42)44)39-31-35(23-17-11-5)29-37(33-39)25-20-14-8-2;2*1-2;/h28-33H,7-27H2,1-6H3;2*1H3;/q;2*-1;+2. The summed E-state index contributed by atoms with van der Waals surface area (Å²) in [5.74, 6) is 0. The zero-order valence-electron chi connectivity index (χ0n) is 33.3. The Morgan fingerprint density at radius 1 is 0.440 bits per heavy atom. The van der Waals surface area contributed by atoms with Crippen LogP contribution in [-0.2, 0) is 48.5 Å². The molecule has 0 atom stereocenters. The van der Waals surface area contributed by atoms with Crippen molar-refractivity contribution in [3.8, 4) is 0 Å². The quantitative estimate of drug-likeness (QED) is 0.0580. The summed E-state index contributed by atoms with van der Waals surface area (Å²) in [5.41, 5.74) is 25.5. The summed E-state index contributed by atoms with van der Waals surface area (Å²) in [4.78, 5) is 0. The van der Waals surface area contributed by atoms with Crippen LogP contribution in [0.15, 0.2) is 47.5 Å². The van der Waals surface area contributed by atoms with Crippen LogP contribution in [0, 0.1) is 0 Å². The molecule has 3 rings (SSSR count). The van der Waals surface area contributed by atoms with Gasteiger partial charge in [0.25, 0.3) is 0 Å². The van der Waals surface area contributed by atoms with Crippen molar-refractivity contribution in [3.05, 3.63) is 86.5 Å². The van der Waals surface area contributed by atoms with E-state index in [0.29, 0.717) is 0 Å². The number of hydrogen-bond donors (Lipinski definition) is 0. The zero-order valence-corrected chi connectivity index (χ0v) is 34.3. The number of rotatable bonds is 25. The molecule has 0 saturated heterocycles. The summed E-state index contributed by atoms with van der Waals surface area (Å²) in [5, 5.41) is 0. The molecule has 0 radical (unpaired) electrons. The maximum atomic E-state index is 12.4. The molecule has 284 valence electrons. The average Bonchev–Trinajstić information content (AvgIpc) is 3.40. The van der Waals surface area contributed by atoms with Crippen LogP contribution >= 0.6 is 0 Å². The Bertz CT molecular complexity index is 1330. The van der Waals surface area contributed by atoms with Gasteiger partial charge in [0.15, 0.2) is 0 Å². The minimum atomic E-state index is 0.819. The van der Waals surface area contributed by atoms with Gasteiger partial charge in [0.05, 0.1) is 0 Å². The second-order valence-corrected chi connectivity index (χ2v) is 15.0. The van der Waals surface area contributed by atoms with Crippen molar-refractivity contribution in [2.75, 3.05) is 14.2 Å². The first-order chi connectivity index (χ1) is 24.4. The van der Waals surface area contributed by atoms with Crippen molar-refractivity contribution in [1.82, 2.24) is 0 Å². The number of unbranched alkanes of at least 4 members (excludes halogenated alkanes) is 9. The van der Waals surface area contributed by atoms with Gasteiger partial charge in [0.1, 0.15) is 0 Å². The Morgan fingerprint density at radius 2 is 0.740 bits per heavy atom. The van der Waals surface area contributed by atoms with Crippen LogP contribution in [0.4, 0.5) is 0 Å². The normalized spacial score (nSPS) is 13.1. The Balaban J connectivity index is 0.00000161. The molecule has 5 heteroatoms. The molecule has 0 N–H and O–H groups in total. The monoisotopic (exact) mass is 730 g/mol. The first-order valence-electron chi connectivity index (χ1n) is 20.3. The van der Waals surface area contributed by atoms with Crippen LogP contribution in [0.5, 0.6) is 0 Å². The van der Waals surface area contributed by atoms with E-state index in [-0.39, 0.29) is 0 Å². The van der Waals surface area contributed by atoms with E-state index in [9.17, 15) is 5.53 Å². The topological polar surface area (TPSA) is 43.8 Å². The SMILES string of the molecule is CCCCCC1=C(c2cc(CCCC)cc(CCCCC)c2)[N+](=[N-])C(c2cc(CCCC)cc(CCCCC)c2)=C1CCCC.C[O][Ni][O]C. The number of aryl methyl sites for hydroxylation is 4. The molecule has 0 amide bonds. The van der Waals surface area contributed by atoms with Crippen molar-refractivity contribution < 1.29 is 27.5 Å². The summed E-state index contributed by atoms with van der Waals surface area (Å²) < 4.78 is 10.5. The minimum absolute atomic E-state index is 0.819. The predicted molar refractivity (Wildman–Crippen MR) is 212 cm³/mol. The Hall–Kier alpha value is -2.07. The molecule has 0 saturated carbocycles. The summed E-state index contributed by atoms with van der Waals surface area (Å²) in [7, 11) is 3.12. The third-order valence-electron chi connectivity index (χ3n) is 9.70. The van der Waals surface area contributed by atoms with Gasteiger partial charge in [-0.3, -0.25) is 0 Å². The number of nitrogens with zero attached hydrogens (tertiary/aromatic N) is 2. The molecule has 0 fully saturated rings. The maximum absolute atomic E-state index is 12.4. The van der Waals surface area contributed by atoms with Gasteiger partial charge in [-0.05, 0) is 124 Å². The van der Waals surface area contributed by atoms with Crippen LogP contribution in [0.3, 0.4) is 0 Å². The second-order valence-electron chi connectivity index (χ2n) is 14.0. The Labute approximate surface area is 314 Å². The summed E-state index contributed by atoms with van der Waals surface area (Å²) in [6, 6.07) is 14.5. The van der Waals surface area contributed by atoms with Crippen molar-refractivity contribution >= 4 is 11.4 Å². The fourth-order valence-corrected chi connectivity index (χ4v) is 7.20. The third kappa shape index (κ3) is 14.9. The van der Waals surface area contributed by atoms with Crippen LogP contribution in [0.2, 0.25) is 0 Å². The van der Waals surface area contributed by atoms with Gasteiger partial charge in [-0.2, -0.15) is 0 Å². The molecule has 0 unspecified atom stereocenters. The molecule has 0 spiro atoms. The van der Waals surface area contributed by atoms with Gasteiger partial charge < -0.3 is 5.53 Å². The van der Waals surface area contributed by atoms with E-state index in [1.807, 2.05) is 0 Å². The van der Waals surface area contributed by atoms with E-state index in [0.717, 1.165) is 77.8 Å². The van der Waals surface area contributed by atoms with Gasteiger partial charge in [-0.15, -0.1) is 0 Å². The Morgan fingerprint density at radius 3 is 1.06 bits per heavy atom. The number of allylic oxidation sites excluding steroid dienone is 2. The fourth-order valence-electron chi connectivity index (χ4n) is 7.04. The average molecular weight is 732 g/mol. The molecule has 0 aliphatic carbocycles.